The van der Waals surface area contributed by atoms with Gasteiger partial charge < -0.3 is 0 Å². The molecule has 0 atom stereocenters. The molecule has 0 N–H and O–H groups in total. The van der Waals surface area contributed by atoms with E-state index in [4.69, 9.17) is 0 Å². The molecule has 4 rings (SSSR count). The Hall–Kier alpha value is -3.87. The highest BCUT2D eigenvalue weighted by molar-refractivity contribution is 6.28. The van der Waals surface area contributed by atoms with Crippen LogP contribution in [0, 0.1) is 20.2 Å². The standard InChI is InChI=1S/C19H11N3O4/c23-21(24)17-11-15-14-9-5-4-6-12(14)10-16(15)18(19(17)22(25)26)20-13-7-2-1-3-8-13/h1-11H. The molecule has 0 bridgehead atoms. The number of aliphatic imine (C=N–C) groups is 1. The van der Waals surface area contributed by atoms with Crippen molar-refractivity contribution in [3.05, 3.63) is 109 Å². The van der Waals surface area contributed by atoms with E-state index in [1.165, 1.54) is 6.08 Å². The lowest BCUT2D eigenvalue weighted by atomic mass is 9.92. The molecule has 2 aliphatic rings. The summed E-state index contributed by atoms with van der Waals surface area (Å²) in [6, 6.07) is 16.0. The summed E-state index contributed by atoms with van der Waals surface area (Å²) in [5.41, 5.74) is 2.08. The molecule has 126 valence electrons. The highest BCUT2D eigenvalue weighted by Crippen LogP contribution is 2.42. The van der Waals surface area contributed by atoms with E-state index in [2.05, 4.69) is 4.99 Å². The van der Waals surface area contributed by atoms with Crippen molar-refractivity contribution in [2.24, 2.45) is 4.99 Å². The zero-order chi connectivity index (χ0) is 18.3. The predicted molar refractivity (Wildman–Crippen MR) is 96.9 cm³/mol. The number of rotatable bonds is 3. The average molecular weight is 345 g/mol. The van der Waals surface area contributed by atoms with E-state index >= 15 is 0 Å². The fourth-order valence-electron chi connectivity index (χ4n) is 3.12. The largest absolute Gasteiger partial charge is 0.371 e. The van der Waals surface area contributed by atoms with Crippen LogP contribution in [-0.4, -0.2) is 15.6 Å². The zero-order valence-corrected chi connectivity index (χ0v) is 13.3. The van der Waals surface area contributed by atoms with Crippen molar-refractivity contribution in [3.63, 3.8) is 0 Å². The highest BCUT2D eigenvalue weighted by Gasteiger charge is 2.42. The summed E-state index contributed by atoms with van der Waals surface area (Å²) in [6.07, 6.45) is 3.04. The maximum atomic E-state index is 11.6. The van der Waals surface area contributed by atoms with Gasteiger partial charge in [0.25, 0.3) is 0 Å². The van der Waals surface area contributed by atoms with Crippen molar-refractivity contribution >= 4 is 23.0 Å². The Morgan fingerprint density at radius 1 is 0.769 bits per heavy atom. The summed E-state index contributed by atoms with van der Waals surface area (Å²) in [7, 11) is 0. The van der Waals surface area contributed by atoms with Gasteiger partial charge in [0.05, 0.1) is 15.5 Å². The number of fused-ring (bicyclic) bond motifs is 3. The van der Waals surface area contributed by atoms with E-state index in [1.807, 2.05) is 24.3 Å². The molecule has 2 aromatic carbocycles. The highest BCUT2D eigenvalue weighted by atomic mass is 16.6. The molecular weight excluding hydrogens is 334 g/mol. The molecular formula is C19H11N3O4. The van der Waals surface area contributed by atoms with Crippen LogP contribution in [0.15, 0.2) is 82.6 Å². The number of nitro groups is 2. The summed E-state index contributed by atoms with van der Waals surface area (Å²) in [4.78, 5) is 26.0. The van der Waals surface area contributed by atoms with Gasteiger partial charge in [-0.15, -0.1) is 0 Å². The molecule has 0 spiro atoms. The molecule has 7 heteroatoms. The molecule has 0 amide bonds. The van der Waals surface area contributed by atoms with Crippen molar-refractivity contribution in [1.82, 2.24) is 0 Å². The van der Waals surface area contributed by atoms with Crippen LogP contribution in [0.25, 0.3) is 11.6 Å². The van der Waals surface area contributed by atoms with E-state index in [0.717, 1.165) is 11.1 Å². The number of allylic oxidation sites excluding steroid dienone is 3. The third kappa shape index (κ3) is 2.42. The van der Waals surface area contributed by atoms with Crippen molar-refractivity contribution in [3.8, 4) is 0 Å². The first kappa shape index (κ1) is 15.6. The number of benzene rings is 2. The zero-order valence-electron chi connectivity index (χ0n) is 13.3. The van der Waals surface area contributed by atoms with Gasteiger partial charge in [-0.05, 0) is 34.9 Å². The monoisotopic (exact) mass is 345 g/mol. The first-order valence-electron chi connectivity index (χ1n) is 7.77. The Labute approximate surface area is 147 Å². The smallest absolute Gasteiger partial charge is 0.258 e. The van der Waals surface area contributed by atoms with Crippen LogP contribution in [-0.2, 0) is 0 Å². The van der Waals surface area contributed by atoms with Gasteiger partial charge in [-0.3, -0.25) is 20.2 Å². The summed E-state index contributed by atoms with van der Waals surface area (Å²) in [6.45, 7) is 0. The van der Waals surface area contributed by atoms with Gasteiger partial charge >= 0.3 is 11.4 Å². The third-order valence-corrected chi connectivity index (χ3v) is 4.22. The second kappa shape index (κ2) is 5.89. The molecule has 0 heterocycles. The van der Waals surface area contributed by atoms with Gasteiger partial charge in [0.1, 0.15) is 0 Å². The Balaban J connectivity index is 2.02. The Kier molecular flexibility index (Phi) is 3.54. The molecule has 7 nitrogen and oxygen atoms in total. The van der Waals surface area contributed by atoms with Crippen LogP contribution in [0.3, 0.4) is 0 Å². The van der Waals surface area contributed by atoms with E-state index in [1.54, 1.807) is 36.4 Å². The van der Waals surface area contributed by atoms with Crippen LogP contribution in [0.5, 0.6) is 0 Å². The summed E-state index contributed by atoms with van der Waals surface area (Å²) < 4.78 is 0. The van der Waals surface area contributed by atoms with Crippen LogP contribution in [0.2, 0.25) is 0 Å². The fourth-order valence-corrected chi connectivity index (χ4v) is 3.12. The summed E-state index contributed by atoms with van der Waals surface area (Å²) in [5, 5.41) is 23.1. The summed E-state index contributed by atoms with van der Waals surface area (Å²) >= 11 is 0. The lowest BCUT2D eigenvalue weighted by Crippen LogP contribution is -2.22. The maximum absolute atomic E-state index is 11.6. The van der Waals surface area contributed by atoms with Gasteiger partial charge in [-0.25, -0.2) is 4.99 Å². The Morgan fingerprint density at radius 2 is 1.46 bits per heavy atom. The number of para-hydroxylation sites is 1. The van der Waals surface area contributed by atoms with Crippen LogP contribution < -0.4 is 0 Å². The number of hydrogen-bond acceptors (Lipinski definition) is 5. The van der Waals surface area contributed by atoms with Gasteiger partial charge in [0.15, 0.2) is 5.71 Å². The van der Waals surface area contributed by atoms with E-state index in [0.29, 0.717) is 16.8 Å². The average Bonchev–Trinajstić information content (AvgIpc) is 3.01. The van der Waals surface area contributed by atoms with Gasteiger partial charge in [0, 0.05) is 11.6 Å². The quantitative estimate of drug-likeness (QED) is 0.619. The fraction of sp³-hybridized carbons (Fsp3) is 0. The van der Waals surface area contributed by atoms with Gasteiger partial charge in [-0.2, -0.15) is 0 Å². The van der Waals surface area contributed by atoms with E-state index in [9.17, 15) is 20.2 Å². The van der Waals surface area contributed by atoms with Crippen LogP contribution in [0.1, 0.15) is 11.1 Å². The first-order valence-corrected chi connectivity index (χ1v) is 7.77. The molecule has 2 aliphatic carbocycles. The molecule has 26 heavy (non-hydrogen) atoms. The molecule has 0 fully saturated rings. The first-order chi connectivity index (χ1) is 12.6. The summed E-state index contributed by atoms with van der Waals surface area (Å²) in [5.74, 6) is 0. The molecule has 2 aromatic rings. The topological polar surface area (TPSA) is 98.6 Å². The van der Waals surface area contributed by atoms with Crippen LogP contribution >= 0.6 is 0 Å². The normalized spacial score (nSPS) is 16.7. The van der Waals surface area contributed by atoms with Gasteiger partial charge in [-0.1, -0.05) is 42.5 Å². The molecule has 0 unspecified atom stereocenters. The van der Waals surface area contributed by atoms with E-state index in [-0.39, 0.29) is 5.71 Å². The number of nitrogens with zero attached hydrogens (tertiary/aromatic N) is 3. The SMILES string of the molecule is O=[N+]([O-])C1=C([N+](=O)[O-])C(=Nc2ccccc2)C2=Cc3ccccc3C2=C1. The van der Waals surface area contributed by atoms with E-state index < -0.39 is 21.2 Å². The minimum atomic E-state index is -0.739. The molecule has 0 aliphatic heterocycles. The van der Waals surface area contributed by atoms with Crippen molar-refractivity contribution in [2.45, 2.75) is 0 Å². The lowest BCUT2D eigenvalue weighted by molar-refractivity contribution is -0.461. The Bertz CT molecular complexity index is 1080. The van der Waals surface area contributed by atoms with Crippen molar-refractivity contribution in [1.29, 1.82) is 0 Å². The van der Waals surface area contributed by atoms with Gasteiger partial charge in [0.2, 0.25) is 0 Å². The molecule has 0 aromatic heterocycles. The minimum absolute atomic E-state index is 0.00148. The second-order valence-electron chi connectivity index (χ2n) is 5.75. The third-order valence-electron chi connectivity index (χ3n) is 4.22. The molecule has 0 saturated carbocycles. The second-order valence-corrected chi connectivity index (χ2v) is 5.75. The Morgan fingerprint density at radius 3 is 2.15 bits per heavy atom. The van der Waals surface area contributed by atoms with Crippen LogP contribution in [0.4, 0.5) is 5.69 Å². The maximum Gasteiger partial charge on any atom is 0.371 e. The lowest BCUT2D eigenvalue weighted by Gasteiger charge is -2.13. The van der Waals surface area contributed by atoms with Crippen molar-refractivity contribution in [2.75, 3.05) is 0 Å². The van der Waals surface area contributed by atoms with Crippen molar-refractivity contribution < 1.29 is 9.85 Å². The predicted octanol–water partition coefficient (Wildman–Crippen LogP) is 4.02. The minimum Gasteiger partial charge on any atom is -0.258 e. The number of hydrogen-bond donors (Lipinski definition) is 0. The molecule has 0 radical (unpaired) electrons. The molecule has 0 saturated heterocycles.